The molecule has 0 saturated heterocycles. The first-order valence-electron chi connectivity index (χ1n) is 5.74. The summed E-state index contributed by atoms with van der Waals surface area (Å²) in [6.45, 7) is 1.60. The number of nitrogens with one attached hydrogen (secondary N) is 1. The number of rotatable bonds is 3. The summed E-state index contributed by atoms with van der Waals surface area (Å²) in [5.41, 5.74) is 6.44. The molecular weight excluding hydrogens is 266 g/mol. The van der Waals surface area contributed by atoms with Gasteiger partial charge in [-0.05, 0) is 36.8 Å². The van der Waals surface area contributed by atoms with Gasteiger partial charge >= 0.3 is 5.97 Å². The van der Waals surface area contributed by atoms with Crippen molar-refractivity contribution in [1.82, 2.24) is 0 Å². The lowest BCUT2D eigenvalue weighted by atomic mass is 10.1. The number of carboxylic acid groups (broad SMARTS) is 1. The van der Waals surface area contributed by atoms with Gasteiger partial charge < -0.3 is 16.2 Å². The Morgan fingerprint density at radius 1 is 1.20 bits per heavy atom. The number of nitrogens with two attached hydrogens (primary N) is 1. The summed E-state index contributed by atoms with van der Waals surface area (Å²) < 4.78 is 26.7. The van der Waals surface area contributed by atoms with E-state index in [2.05, 4.69) is 5.32 Å². The van der Waals surface area contributed by atoms with Gasteiger partial charge in [0, 0.05) is 11.8 Å². The number of carbonyl (C=O) groups is 1. The molecule has 2 rings (SSSR count). The molecule has 20 heavy (non-hydrogen) atoms. The number of aryl methyl sites for hydroxylation is 1. The monoisotopic (exact) mass is 278 g/mol. The average molecular weight is 278 g/mol. The first-order chi connectivity index (χ1) is 9.38. The van der Waals surface area contributed by atoms with Gasteiger partial charge in [0.15, 0.2) is 0 Å². The molecule has 6 heteroatoms. The molecule has 104 valence electrons. The van der Waals surface area contributed by atoms with E-state index in [0.29, 0.717) is 11.3 Å². The van der Waals surface area contributed by atoms with Gasteiger partial charge in [-0.3, -0.25) is 0 Å². The first-order valence-corrected chi connectivity index (χ1v) is 5.74. The molecule has 0 amide bonds. The van der Waals surface area contributed by atoms with E-state index in [-0.39, 0.29) is 17.2 Å². The highest BCUT2D eigenvalue weighted by atomic mass is 19.1. The van der Waals surface area contributed by atoms with Gasteiger partial charge in [0.1, 0.15) is 11.6 Å². The third kappa shape index (κ3) is 2.69. The van der Waals surface area contributed by atoms with Crippen molar-refractivity contribution < 1.29 is 18.7 Å². The minimum absolute atomic E-state index is 0.0887. The SMILES string of the molecule is Cc1cc(Nc2cc(F)c(C(=O)O)cc2N)ccc1F. The number of nitrogen functional groups attached to an aromatic ring is 1. The van der Waals surface area contributed by atoms with Crippen molar-refractivity contribution >= 4 is 23.0 Å². The lowest BCUT2D eigenvalue weighted by Crippen LogP contribution is -2.05. The topological polar surface area (TPSA) is 75.3 Å². The van der Waals surface area contributed by atoms with Gasteiger partial charge in [0.25, 0.3) is 0 Å². The Labute approximate surface area is 113 Å². The van der Waals surface area contributed by atoms with Crippen LogP contribution in [0, 0.1) is 18.6 Å². The maximum atomic E-state index is 13.6. The molecule has 2 aromatic rings. The summed E-state index contributed by atoms with van der Waals surface area (Å²) in [6.07, 6.45) is 0. The van der Waals surface area contributed by atoms with E-state index in [9.17, 15) is 13.6 Å². The average Bonchev–Trinajstić information content (AvgIpc) is 2.37. The van der Waals surface area contributed by atoms with Crippen molar-refractivity contribution in [1.29, 1.82) is 0 Å². The number of aromatic carboxylic acids is 1. The maximum Gasteiger partial charge on any atom is 0.338 e. The highest BCUT2D eigenvalue weighted by molar-refractivity contribution is 5.91. The molecule has 0 heterocycles. The molecule has 0 aliphatic carbocycles. The molecule has 0 unspecified atom stereocenters. The zero-order valence-electron chi connectivity index (χ0n) is 10.6. The van der Waals surface area contributed by atoms with Crippen molar-refractivity contribution in [2.75, 3.05) is 11.1 Å². The number of anilines is 3. The van der Waals surface area contributed by atoms with Crippen LogP contribution >= 0.6 is 0 Å². The Morgan fingerprint density at radius 2 is 1.90 bits per heavy atom. The van der Waals surface area contributed by atoms with Crippen LogP contribution in [0.5, 0.6) is 0 Å². The third-order valence-electron chi connectivity index (χ3n) is 2.81. The van der Waals surface area contributed by atoms with Gasteiger partial charge in [0.05, 0.1) is 16.9 Å². The van der Waals surface area contributed by atoms with Gasteiger partial charge in [-0.2, -0.15) is 0 Å². The van der Waals surface area contributed by atoms with E-state index in [1.807, 2.05) is 0 Å². The zero-order valence-corrected chi connectivity index (χ0v) is 10.6. The zero-order chi connectivity index (χ0) is 14.9. The molecule has 0 fully saturated rings. The normalized spacial score (nSPS) is 10.3. The highest BCUT2D eigenvalue weighted by Crippen LogP contribution is 2.27. The molecule has 0 aliphatic rings. The fourth-order valence-corrected chi connectivity index (χ4v) is 1.74. The molecule has 0 saturated carbocycles. The van der Waals surface area contributed by atoms with E-state index in [1.54, 1.807) is 6.92 Å². The second kappa shape index (κ2) is 5.16. The molecule has 0 aromatic heterocycles. The fourth-order valence-electron chi connectivity index (χ4n) is 1.74. The molecular formula is C14H12F2N2O2. The van der Waals surface area contributed by atoms with E-state index >= 15 is 0 Å². The molecule has 0 spiro atoms. The Morgan fingerprint density at radius 3 is 2.50 bits per heavy atom. The Balaban J connectivity index is 2.36. The van der Waals surface area contributed by atoms with Crippen LogP contribution in [0.25, 0.3) is 0 Å². The Hall–Kier alpha value is -2.63. The summed E-state index contributed by atoms with van der Waals surface area (Å²) in [5, 5.41) is 11.6. The van der Waals surface area contributed by atoms with Crippen molar-refractivity contribution in [3.8, 4) is 0 Å². The predicted molar refractivity (Wildman–Crippen MR) is 72.2 cm³/mol. The van der Waals surface area contributed by atoms with Crippen molar-refractivity contribution in [3.63, 3.8) is 0 Å². The van der Waals surface area contributed by atoms with E-state index in [1.165, 1.54) is 18.2 Å². The molecule has 2 aromatic carbocycles. The third-order valence-corrected chi connectivity index (χ3v) is 2.81. The van der Waals surface area contributed by atoms with Crippen molar-refractivity contribution in [2.24, 2.45) is 0 Å². The van der Waals surface area contributed by atoms with E-state index in [4.69, 9.17) is 10.8 Å². The minimum atomic E-state index is -1.39. The largest absolute Gasteiger partial charge is 0.478 e. The Bertz CT molecular complexity index is 687. The van der Waals surface area contributed by atoms with Crippen molar-refractivity contribution in [3.05, 3.63) is 53.1 Å². The molecule has 4 nitrogen and oxygen atoms in total. The van der Waals surface area contributed by atoms with Gasteiger partial charge in [-0.1, -0.05) is 0 Å². The lowest BCUT2D eigenvalue weighted by molar-refractivity contribution is 0.0692. The van der Waals surface area contributed by atoms with E-state index < -0.39 is 17.3 Å². The van der Waals surface area contributed by atoms with Crippen LogP contribution in [-0.2, 0) is 0 Å². The van der Waals surface area contributed by atoms with Crippen LogP contribution in [0.3, 0.4) is 0 Å². The van der Waals surface area contributed by atoms with Gasteiger partial charge in [-0.15, -0.1) is 0 Å². The first kappa shape index (κ1) is 13.8. The van der Waals surface area contributed by atoms with Gasteiger partial charge in [0.2, 0.25) is 0 Å². The number of hydrogen-bond donors (Lipinski definition) is 3. The number of halogens is 2. The van der Waals surface area contributed by atoms with Crippen LogP contribution in [0.4, 0.5) is 25.8 Å². The van der Waals surface area contributed by atoms with E-state index in [0.717, 1.165) is 12.1 Å². The summed E-state index contributed by atoms with van der Waals surface area (Å²) in [5.74, 6) is -2.64. The summed E-state index contributed by atoms with van der Waals surface area (Å²) in [7, 11) is 0. The molecule has 0 aliphatic heterocycles. The van der Waals surface area contributed by atoms with Crippen LogP contribution < -0.4 is 11.1 Å². The van der Waals surface area contributed by atoms with Crippen LogP contribution in [-0.4, -0.2) is 11.1 Å². The maximum absolute atomic E-state index is 13.6. The number of benzene rings is 2. The second-order valence-corrected chi connectivity index (χ2v) is 4.31. The number of carboxylic acids is 1. The fraction of sp³-hybridized carbons (Fsp3) is 0.0714. The smallest absolute Gasteiger partial charge is 0.338 e. The molecule has 0 atom stereocenters. The van der Waals surface area contributed by atoms with Crippen LogP contribution in [0.1, 0.15) is 15.9 Å². The van der Waals surface area contributed by atoms with Crippen LogP contribution in [0.15, 0.2) is 30.3 Å². The summed E-state index contributed by atoms with van der Waals surface area (Å²) in [6, 6.07) is 6.33. The lowest BCUT2D eigenvalue weighted by Gasteiger charge is -2.11. The summed E-state index contributed by atoms with van der Waals surface area (Å²) in [4.78, 5) is 10.8. The molecule has 0 bridgehead atoms. The van der Waals surface area contributed by atoms with Crippen molar-refractivity contribution in [2.45, 2.75) is 6.92 Å². The number of hydrogen-bond acceptors (Lipinski definition) is 3. The standard InChI is InChI=1S/C14H12F2N2O2/c1-7-4-8(2-3-10(7)15)18-13-6-11(16)9(14(19)20)5-12(13)17/h2-6,18H,17H2,1H3,(H,19,20). The molecule has 0 radical (unpaired) electrons. The Kier molecular flexibility index (Phi) is 3.56. The quantitative estimate of drug-likeness (QED) is 0.753. The predicted octanol–water partition coefficient (Wildman–Crippen LogP) is 3.30. The highest BCUT2D eigenvalue weighted by Gasteiger charge is 2.14. The minimum Gasteiger partial charge on any atom is -0.478 e. The van der Waals surface area contributed by atoms with Gasteiger partial charge in [-0.25, -0.2) is 13.6 Å². The van der Waals surface area contributed by atoms with Crippen LogP contribution in [0.2, 0.25) is 0 Å². The summed E-state index contributed by atoms with van der Waals surface area (Å²) >= 11 is 0. The molecule has 4 N–H and O–H groups in total. The second-order valence-electron chi connectivity index (χ2n) is 4.31.